The Morgan fingerprint density at radius 2 is 1.17 bits per heavy atom. The van der Waals surface area contributed by atoms with Gasteiger partial charge in [-0.2, -0.15) is 0 Å². The zero-order valence-electron chi connectivity index (χ0n) is 2.51. The first-order valence-electron chi connectivity index (χ1n) is 0.717. The molecule has 0 rings (SSSR count). The molecule has 0 aromatic carbocycles. The van der Waals surface area contributed by atoms with Crippen molar-refractivity contribution < 1.29 is 14.4 Å². The average Bonchev–Trinajstić information content (AvgIpc) is 1.39. The molecule has 35 valence electrons. The molecule has 0 heterocycles. The molecule has 0 aliphatic rings. The van der Waals surface area contributed by atoms with Crippen LogP contribution < -0.4 is 0 Å². The maximum absolute atomic E-state index is 4.38. The third-order valence-electron chi connectivity index (χ3n) is 0. The fraction of sp³-hybridized carbons (Fsp3) is 0. The van der Waals surface area contributed by atoms with Crippen LogP contribution in [0.15, 0.2) is 0 Å². The van der Waals surface area contributed by atoms with E-state index >= 15 is 0 Å². The number of hydrogen-bond acceptors (Lipinski definition) is 4. The molecule has 0 aromatic heterocycles. The molecule has 0 saturated heterocycles. The van der Waals surface area contributed by atoms with Gasteiger partial charge >= 0.3 is 70.1 Å². The van der Waals surface area contributed by atoms with Crippen LogP contribution in [0.1, 0.15) is 0 Å². The van der Waals surface area contributed by atoms with E-state index in [4.69, 9.17) is 0 Å². The van der Waals surface area contributed by atoms with Gasteiger partial charge in [0, 0.05) is 0 Å². The van der Waals surface area contributed by atoms with E-state index in [1.807, 2.05) is 0 Å². The fourth-order valence-corrected chi connectivity index (χ4v) is 0. The van der Waals surface area contributed by atoms with E-state index in [9.17, 15) is 0 Å². The van der Waals surface area contributed by atoms with Crippen molar-refractivity contribution in [2.45, 2.75) is 0 Å². The van der Waals surface area contributed by atoms with E-state index in [0.29, 0.717) is 0 Å². The van der Waals surface area contributed by atoms with Gasteiger partial charge in [0.05, 0.1) is 0 Å². The predicted octanol–water partition coefficient (Wildman–Crippen LogP) is 2.21. The molecule has 0 spiro atoms. The Bertz CT molecular complexity index is 61.5. The Kier molecular flexibility index (Phi) is 29.2. The molecule has 0 atom stereocenters. The first kappa shape index (κ1) is 11.2. The topological polar surface area (TPSA) is 0 Å². The van der Waals surface area contributed by atoms with Crippen LogP contribution in [0.4, 0.5) is 0 Å². The molecular weight excluding hydrogens is 433 g/mol. The van der Waals surface area contributed by atoms with Crippen molar-refractivity contribution in [3.05, 3.63) is 0 Å². The SMILES string of the molecule is [S]=[Re]=[S].[S]=[Sn]=[S]. The normalized spacial score (nSPS) is 3.33. The Hall–Kier alpha value is 2.34. The zero-order chi connectivity index (χ0) is 5.41. The van der Waals surface area contributed by atoms with Crippen LogP contribution in [-0.2, 0) is 14.4 Å². The zero-order valence-corrected chi connectivity index (χ0v) is 11.3. The van der Waals surface area contributed by atoms with Crippen LogP contribution in [0.3, 0.4) is 0 Å². The van der Waals surface area contributed by atoms with Gasteiger partial charge in [-0.05, 0) is 0 Å². The quantitative estimate of drug-likeness (QED) is 0.538. The van der Waals surface area contributed by atoms with Crippen molar-refractivity contribution in [3.8, 4) is 0 Å². The molecule has 6 heavy (non-hydrogen) atoms. The van der Waals surface area contributed by atoms with Crippen LogP contribution >= 0.6 is 38.5 Å². The van der Waals surface area contributed by atoms with Gasteiger partial charge in [0.25, 0.3) is 0 Å². The van der Waals surface area contributed by atoms with Gasteiger partial charge in [0.2, 0.25) is 0 Å². The van der Waals surface area contributed by atoms with Crippen molar-refractivity contribution in [3.63, 3.8) is 0 Å². The van der Waals surface area contributed by atoms with Crippen LogP contribution in [-0.4, -0.2) is 17.3 Å². The van der Waals surface area contributed by atoms with E-state index in [1.54, 1.807) is 0 Å². The van der Waals surface area contributed by atoms with Gasteiger partial charge in [-0.1, -0.05) is 0 Å². The summed E-state index contributed by atoms with van der Waals surface area (Å²) in [4.78, 5) is 0. The molecular formula is ReS4Sn. The van der Waals surface area contributed by atoms with Crippen molar-refractivity contribution in [2.75, 3.05) is 0 Å². The van der Waals surface area contributed by atoms with Gasteiger partial charge in [0.1, 0.15) is 0 Å². The third kappa shape index (κ3) is 33.0. The summed E-state index contributed by atoms with van der Waals surface area (Å²) >= 11 is -1.10. The summed E-state index contributed by atoms with van der Waals surface area (Å²) in [5.41, 5.74) is 0. The summed E-state index contributed by atoms with van der Waals surface area (Å²) < 4.78 is 0. The summed E-state index contributed by atoms with van der Waals surface area (Å²) in [5, 5.41) is 0. The molecule has 0 fully saturated rings. The number of hydrogen-bond donors (Lipinski definition) is 0. The molecule has 0 amide bonds. The van der Waals surface area contributed by atoms with E-state index in [0.717, 1.165) is 0 Å². The molecule has 0 bridgehead atoms. The Labute approximate surface area is 68.8 Å². The molecule has 0 saturated carbocycles. The Morgan fingerprint density at radius 1 is 1.17 bits per heavy atom. The van der Waals surface area contributed by atoms with E-state index in [-0.39, 0.29) is 0 Å². The van der Waals surface area contributed by atoms with E-state index < -0.39 is 31.7 Å². The van der Waals surface area contributed by atoms with Gasteiger partial charge in [0.15, 0.2) is 0 Å². The minimum absolute atomic E-state index is 0.500. The van der Waals surface area contributed by atoms with Crippen molar-refractivity contribution >= 4 is 55.7 Å². The van der Waals surface area contributed by atoms with Crippen LogP contribution in [0.25, 0.3) is 0 Å². The van der Waals surface area contributed by atoms with Gasteiger partial charge in [-0.3, -0.25) is 0 Å². The molecule has 0 aliphatic carbocycles. The molecule has 0 aromatic rings. The van der Waals surface area contributed by atoms with Crippen LogP contribution in [0, 0.1) is 0 Å². The summed E-state index contributed by atoms with van der Waals surface area (Å²) in [6.07, 6.45) is 0. The standard InChI is InChI=1S/Re.4S.Sn. The van der Waals surface area contributed by atoms with Crippen molar-refractivity contribution in [1.29, 1.82) is 0 Å². The molecule has 0 aliphatic heterocycles. The second-order valence-electron chi connectivity index (χ2n) is 0.146. The monoisotopic (exact) mass is 435 g/mol. The first-order valence-corrected chi connectivity index (χ1v) is 15.8. The summed E-state index contributed by atoms with van der Waals surface area (Å²) in [7, 11) is 17.5. The van der Waals surface area contributed by atoms with Crippen molar-refractivity contribution in [2.24, 2.45) is 0 Å². The molecule has 0 N–H and O–H groups in total. The predicted molar refractivity (Wildman–Crippen MR) is 36.1 cm³/mol. The summed E-state index contributed by atoms with van der Waals surface area (Å²) in [6.45, 7) is 0. The summed E-state index contributed by atoms with van der Waals surface area (Å²) in [6, 6.07) is 0. The fourth-order valence-electron chi connectivity index (χ4n) is 0. The molecule has 0 unspecified atom stereocenters. The summed E-state index contributed by atoms with van der Waals surface area (Å²) in [5.74, 6) is 0. The second kappa shape index (κ2) is 15.7. The minimum atomic E-state index is -0.603. The number of rotatable bonds is 0. The van der Waals surface area contributed by atoms with Gasteiger partial charge in [-0.25, -0.2) is 0 Å². The third-order valence-corrected chi connectivity index (χ3v) is 0. The Balaban J connectivity index is 0. The molecule has 0 radical (unpaired) electrons. The first-order chi connectivity index (χ1) is 2.83. The van der Waals surface area contributed by atoms with Crippen LogP contribution in [0.2, 0.25) is 0 Å². The second-order valence-corrected chi connectivity index (χ2v) is 9.67. The van der Waals surface area contributed by atoms with Crippen LogP contribution in [0.5, 0.6) is 0 Å². The van der Waals surface area contributed by atoms with Gasteiger partial charge in [-0.15, -0.1) is 0 Å². The van der Waals surface area contributed by atoms with Gasteiger partial charge < -0.3 is 0 Å². The molecule has 6 heteroatoms. The molecule has 0 nitrogen and oxygen atoms in total. The average molecular weight is 433 g/mol. The van der Waals surface area contributed by atoms with E-state index in [2.05, 4.69) is 38.5 Å². The van der Waals surface area contributed by atoms with E-state index in [1.165, 1.54) is 0 Å². The maximum atomic E-state index is 4.38. The van der Waals surface area contributed by atoms with Crippen molar-refractivity contribution in [1.82, 2.24) is 0 Å². The Morgan fingerprint density at radius 3 is 1.17 bits per heavy atom.